The Morgan fingerprint density at radius 3 is 2.29 bits per heavy atom. The van der Waals surface area contributed by atoms with Crippen LogP contribution in [0.25, 0.3) is 5.57 Å². The second-order valence-corrected chi connectivity index (χ2v) is 7.40. The lowest BCUT2D eigenvalue weighted by Crippen LogP contribution is -2.32. The van der Waals surface area contributed by atoms with Crippen LogP contribution in [0.4, 0.5) is 11.4 Å². The Morgan fingerprint density at radius 2 is 1.61 bits per heavy atom. The zero-order valence-corrected chi connectivity index (χ0v) is 17.6. The summed E-state index contributed by atoms with van der Waals surface area (Å²) in [5.41, 5.74) is 3.54. The van der Waals surface area contributed by atoms with Gasteiger partial charge in [0.25, 0.3) is 11.8 Å². The molecule has 0 aromatic heterocycles. The number of carbonyl (C=O) groups excluding carboxylic acids is 2. The Hall–Kier alpha value is -3.86. The van der Waals surface area contributed by atoms with Crippen LogP contribution in [-0.2, 0) is 9.59 Å². The van der Waals surface area contributed by atoms with Gasteiger partial charge in [-0.05, 0) is 60.9 Å². The third kappa shape index (κ3) is 4.21. The molecule has 0 saturated carbocycles. The molecule has 156 valence electrons. The number of nitrogens with one attached hydrogen (secondary N) is 1. The SMILES string of the molecule is CCCOc1ccc(C2=C(Nc3ccccc3)C(=O)N(c3cccc(C)c3)C2=O)cc1. The van der Waals surface area contributed by atoms with Crippen LogP contribution in [0.3, 0.4) is 0 Å². The van der Waals surface area contributed by atoms with Gasteiger partial charge in [0.1, 0.15) is 11.4 Å². The van der Waals surface area contributed by atoms with Crippen molar-refractivity contribution >= 4 is 28.8 Å². The molecule has 0 atom stereocenters. The number of hydrogen-bond donors (Lipinski definition) is 1. The van der Waals surface area contributed by atoms with Gasteiger partial charge in [-0.25, -0.2) is 4.90 Å². The molecule has 0 radical (unpaired) electrons. The molecule has 3 aromatic rings. The molecule has 0 unspecified atom stereocenters. The normalized spacial score (nSPS) is 13.7. The van der Waals surface area contributed by atoms with E-state index >= 15 is 0 Å². The van der Waals surface area contributed by atoms with Gasteiger partial charge in [0, 0.05) is 5.69 Å². The van der Waals surface area contributed by atoms with Crippen LogP contribution in [-0.4, -0.2) is 18.4 Å². The average molecular weight is 412 g/mol. The van der Waals surface area contributed by atoms with Gasteiger partial charge < -0.3 is 10.1 Å². The summed E-state index contributed by atoms with van der Waals surface area (Å²) in [4.78, 5) is 28.1. The molecule has 1 heterocycles. The van der Waals surface area contributed by atoms with Gasteiger partial charge >= 0.3 is 0 Å². The maximum Gasteiger partial charge on any atom is 0.282 e. The first-order chi connectivity index (χ1) is 15.1. The van der Waals surface area contributed by atoms with Crippen LogP contribution in [0.15, 0.2) is 84.6 Å². The number of hydrogen-bond acceptors (Lipinski definition) is 4. The molecule has 0 fully saturated rings. The van der Waals surface area contributed by atoms with E-state index < -0.39 is 0 Å². The monoisotopic (exact) mass is 412 g/mol. The van der Waals surface area contributed by atoms with Crippen LogP contribution in [0.1, 0.15) is 24.5 Å². The maximum atomic E-state index is 13.5. The predicted molar refractivity (Wildman–Crippen MR) is 123 cm³/mol. The van der Waals surface area contributed by atoms with Crippen LogP contribution in [0, 0.1) is 6.92 Å². The smallest absolute Gasteiger partial charge is 0.282 e. The third-order valence-electron chi connectivity index (χ3n) is 5.00. The number of anilines is 2. The average Bonchev–Trinajstić information content (AvgIpc) is 3.03. The first-order valence-corrected chi connectivity index (χ1v) is 10.3. The van der Waals surface area contributed by atoms with E-state index in [4.69, 9.17) is 4.74 Å². The molecule has 3 aromatic carbocycles. The van der Waals surface area contributed by atoms with E-state index in [0.717, 1.165) is 23.4 Å². The number of carbonyl (C=O) groups is 2. The summed E-state index contributed by atoms with van der Waals surface area (Å²) < 4.78 is 5.65. The molecule has 0 spiro atoms. The maximum absolute atomic E-state index is 13.5. The number of ether oxygens (including phenoxy) is 1. The van der Waals surface area contributed by atoms with Crippen molar-refractivity contribution in [3.8, 4) is 5.75 Å². The molecule has 5 nitrogen and oxygen atoms in total. The van der Waals surface area contributed by atoms with E-state index in [9.17, 15) is 9.59 Å². The van der Waals surface area contributed by atoms with Crippen molar-refractivity contribution in [1.82, 2.24) is 0 Å². The lowest BCUT2D eigenvalue weighted by molar-refractivity contribution is -0.120. The fourth-order valence-electron chi connectivity index (χ4n) is 3.52. The first kappa shape index (κ1) is 20.4. The van der Waals surface area contributed by atoms with Gasteiger partial charge in [-0.2, -0.15) is 0 Å². The van der Waals surface area contributed by atoms with Gasteiger partial charge in [0.2, 0.25) is 0 Å². The van der Waals surface area contributed by atoms with E-state index in [0.29, 0.717) is 23.4 Å². The fourth-order valence-corrected chi connectivity index (χ4v) is 3.52. The number of imide groups is 1. The number of amides is 2. The van der Waals surface area contributed by atoms with Crippen molar-refractivity contribution in [3.05, 3.63) is 95.7 Å². The number of para-hydroxylation sites is 1. The molecule has 5 heteroatoms. The largest absolute Gasteiger partial charge is 0.494 e. The molecule has 1 aliphatic rings. The van der Waals surface area contributed by atoms with Crippen LogP contribution in [0.5, 0.6) is 5.75 Å². The van der Waals surface area contributed by atoms with Gasteiger partial charge in [0.05, 0.1) is 17.9 Å². The highest BCUT2D eigenvalue weighted by Crippen LogP contribution is 2.34. The third-order valence-corrected chi connectivity index (χ3v) is 5.00. The van der Waals surface area contributed by atoms with Crippen LogP contribution >= 0.6 is 0 Å². The van der Waals surface area contributed by atoms with Crippen molar-refractivity contribution in [1.29, 1.82) is 0 Å². The minimum absolute atomic E-state index is 0.264. The second-order valence-electron chi connectivity index (χ2n) is 7.40. The minimum atomic E-state index is -0.374. The van der Waals surface area contributed by atoms with Gasteiger partial charge in [0.15, 0.2) is 0 Å². The lowest BCUT2D eigenvalue weighted by atomic mass is 10.0. The van der Waals surface area contributed by atoms with E-state index in [-0.39, 0.29) is 17.5 Å². The number of nitrogens with zero attached hydrogens (tertiary/aromatic N) is 1. The molecule has 1 N–H and O–H groups in total. The molecule has 4 rings (SSSR count). The highest BCUT2D eigenvalue weighted by Gasteiger charge is 2.40. The van der Waals surface area contributed by atoms with E-state index in [1.165, 1.54) is 4.90 Å². The summed E-state index contributed by atoms with van der Waals surface area (Å²) in [6.45, 7) is 4.60. The Balaban J connectivity index is 1.76. The predicted octanol–water partition coefficient (Wildman–Crippen LogP) is 5.18. The zero-order valence-electron chi connectivity index (χ0n) is 17.6. The van der Waals surface area contributed by atoms with Crippen LogP contribution < -0.4 is 15.0 Å². The second kappa shape index (κ2) is 8.88. The van der Waals surface area contributed by atoms with Crippen molar-refractivity contribution in [2.75, 3.05) is 16.8 Å². The first-order valence-electron chi connectivity index (χ1n) is 10.3. The van der Waals surface area contributed by atoms with Crippen LogP contribution in [0.2, 0.25) is 0 Å². The highest BCUT2D eigenvalue weighted by atomic mass is 16.5. The van der Waals surface area contributed by atoms with Crippen molar-refractivity contribution < 1.29 is 14.3 Å². The van der Waals surface area contributed by atoms with Gasteiger partial charge in [-0.15, -0.1) is 0 Å². The lowest BCUT2D eigenvalue weighted by Gasteiger charge is -2.16. The number of rotatable bonds is 7. The summed E-state index contributed by atoms with van der Waals surface area (Å²) in [6, 6.07) is 24.0. The topological polar surface area (TPSA) is 58.6 Å². The summed E-state index contributed by atoms with van der Waals surface area (Å²) in [7, 11) is 0. The Morgan fingerprint density at radius 1 is 0.871 bits per heavy atom. The zero-order chi connectivity index (χ0) is 21.8. The van der Waals surface area contributed by atoms with Gasteiger partial charge in [-0.3, -0.25) is 9.59 Å². The summed E-state index contributed by atoms with van der Waals surface area (Å²) >= 11 is 0. The Kier molecular flexibility index (Phi) is 5.85. The molecule has 31 heavy (non-hydrogen) atoms. The summed E-state index contributed by atoms with van der Waals surface area (Å²) in [5.74, 6) is 0.00750. The van der Waals surface area contributed by atoms with Gasteiger partial charge in [-0.1, -0.05) is 49.4 Å². The molecular formula is C26H24N2O3. The molecule has 0 saturated heterocycles. The summed E-state index contributed by atoms with van der Waals surface area (Å²) in [5, 5.41) is 3.17. The molecule has 0 aliphatic carbocycles. The van der Waals surface area contributed by atoms with Crippen molar-refractivity contribution in [2.24, 2.45) is 0 Å². The highest BCUT2D eigenvalue weighted by molar-refractivity contribution is 6.46. The quantitative estimate of drug-likeness (QED) is 0.543. The Bertz CT molecular complexity index is 1130. The molecule has 1 aliphatic heterocycles. The standard InChI is InChI=1S/C26H24N2O3/c1-3-16-31-22-14-12-19(13-15-22)23-24(27-20-9-5-4-6-10-20)26(30)28(25(23)29)21-11-7-8-18(2)17-21/h4-15,17,27H,3,16H2,1-2H3. The number of benzene rings is 3. The fraction of sp³-hybridized carbons (Fsp3) is 0.154. The number of aryl methyl sites for hydroxylation is 1. The van der Waals surface area contributed by atoms with E-state index in [1.54, 1.807) is 6.07 Å². The Labute approximate surface area is 182 Å². The minimum Gasteiger partial charge on any atom is -0.494 e. The molecular weight excluding hydrogens is 388 g/mol. The van der Waals surface area contributed by atoms with E-state index in [2.05, 4.69) is 5.32 Å². The summed E-state index contributed by atoms with van der Waals surface area (Å²) in [6.07, 6.45) is 0.913. The molecule has 0 bridgehead atoms. The van der Waals surface area contributed by atoms with E-state index in [1.807, 2.05) is 86.6 Å². The molecule has 2 amide bonds. The van der Waals surface area contributed by atoms with Crippen molar-refractivity contribution in [2.45, 2.75) is 20.3 Å². The van der Waals surface area contributed by atoms with Crippen molar-refractivity contribution in [3.63, 3.8) is 0 Å².